The first-order valence-electron chi connectivity index (χ1n) is 9.84. The molecule has 2 atom stereocenters. The number of nitrogens with zero attached hydrogens (tertiary/aromatic N) is 1. The zero-order valence-electron chi connectivity index (χ0n) is 17.7. The summed E-state index contributed by atoms with van der Waals surface area (Å²) in [6.07, 6.45) is -0.590. The van der Waals surface area contributed by atoms with E-state index in [1.54, 1.807) is 36.4 Å². The first kappa shape index (κ1) is 32.2. The van der Waals surface area contributed by atoms with Gasteiger partial charge in [-0.1, -0.05) is 0 Å². The molecule has 2 fully saturated rings. The Labute approximate surface area is 237 Å². The Balaban J connectivity index is 0.000000278. The summed E-state index contributed by atoms with van der Waals surface area (Å²) < 4.78 is 73.5. The molecule has 0 bridgehead atoms. The lowest BCUT2D eigenvalue weighted by atomic mass is 10.4. The number of sulfonamides is 1. The smallest absolute Gasteiger partial charge is 0.261 e. The van der Waals surface area contributed by atoms with Crippen LogP contribution in [-0.4, -0.2) is 59.7 Å². The van der Waals surface area contributed by atoms with Crippen LogP contribution in [0.4, 0.5) is 8.78 Å². The van der Waals surface area contributed by atoms with Crippen LogP contribution in [0.3, 0.4) is 0 Å². The second-order valence-electron chi connectivity index (χ2n) is 7.18. The van der Waals surface area contributed by atoms with Crippen molar-refractivity contribution in [2.45, 2.75) is 35.0 Å². The zero-order chi connectivity index (χ0) is 24.6. The van der Waals surface area contributed by atoms with Gasteiger partial charge in [0.25, 0.3) is 9.05 Å². The van der Waals surface area contributed by atoms with E-state index in [2.05, 4.69) is 50.5 Å². The highest BCUT2D eigenvalue weighted by Crippen LogP contribution is 2.23. The van der Waals surface area contributed by atoms with Crippen LogP contribution in [0.5, 0.6) is 0 Å². The zero-order valence-corrected chi connectivity index (χ0v) is 25.2. The molecule has 34 heavy (non-hydrogen) atoms. The molecule has 0 aromatic heterocycles. The van der Waals surface area contributed by atoms with E-state index in [0.29, 0.717) is 19.4 Å². The molecule has 2 aromatic rings. The molecule has 2 saturated heterocycles. The number of alkyl halides is 2. The van der Waals surface area contributed by atoms with Crippen molar-refractivity contribution in [3.8, 4) is 0 Å². The topological polar surface area (TPSA) is 83.5 Å². The van der Waals surface area contributed by atoms with E-state index in [1.807, 2.05) is 0 Å². The van der Waals surface area contributed by atoms with Crippen molar-refractivity contribution in [1.82, 2.24) is 9.62 Å². The summed E-state index contributed by atoms with van der Waals surface area (Å²) in [7, 11) is -1.97. The first-order valence-corrected chi connectivity index (χ1v) is 15.7. The highest BCUT2D eigenvalue weighted by Gasteiger charge is 2.32. The Morgan fingerprint density at radius 2 is 1.35 bits per heavy atom. The number of hydrogen-bond donors (Lipinski definition) is 1. The van der Waals surface area contributed by atoms with Gasteiger partial charge in [-0.05, 0) is 113 Å². The first-order chi connectivity index (χ1) is 15.4. The maximum absolute atomic E-state index is 13.0. The Morgan fingerprint density at radius 3 is 1.68 bits per heavy atom. The normalized spacial score (nSPS) is 20.4. The molecule has 0 amide bonds. The summed E-state index contributed by atoms with van der Waals surface area (Å²) in [6.45, 7) is 1.69. The lowest BCUT2D eigenvalue weighted by Crippen LogP contribution is -2.29. The van der Waals surface area contributed by atoms with Gasteiger partial charge in [0.15, 0.2) is 0 Å². The van der Waals surface area contributed by atoms with Gasteiger partial charge in [-0.15, -0.1) is 12.4 Å². The van der Waals surface area contributed by atoms with Gasteiger partial charge in [-0.3, -0.25) is 0 Å². The Hall–Kier alpha value is 0.160. The van der Waals surface area contributed by atoms with Crippen LogP contribution in [-0.2, 0) is 19.1 Å². The predicted molar refractivity (Wildman–Crippen MR) is 149 cm³/mol. The Bertz CT molecular complexity index is 1100. The van der Waals surface area contributed by atoms with Gasteiger partial charge in [0.1, 0.15) is 12.3 Å². The number of halogens is 6. The van der Waals surface area contributed by atoms with E-state index < -0.39 is 31.4 Å². The average molecular weight is 783 g/mol. The predicted octanol–water partition coefficient (Wildman–Crippen LogP) is 4.98. The molecule has 4 rings (SSSR count). The van der Waals surface area contributed by atoms with Crippen LogP contribution in [0.1, 0.15) is 12.8 Å². The minimum absolute atomic E-state index is 0. The van der Waals surface area contributed by atoms with E-state index in [0.717, 1.165) is 13.7 Å². The van der Waals surface area contributed by atoms with Gasteiger partial charge in [0.2, 0.25) is 10.0 Å². The molecule has 2 aromatic carbocycles. The monoisotopic (exact) mass is 782 g/mol. The van der Waals surface area contributed by atoms with Crippen LogP contribution in [0.25, 0.3) is 0 Å². The quantitative estimate of drug-likeness (QED) is 0.351. The number of nitrogens with one attached hydrogen (secondary N) is 1. The van der Waals surface area contributed by atoms with Crippen molar-refractivity contribution in [1.29, 1.82) is 0 Å². The van der Waals surface area contributed by atoms with E-state index in [4.69, 9.17) is 10.7 Å². The lowest BCUT2D eigenvalue weighted by Gasteiger charge is -2.15. The van der Waals surface area contributed by atoms with Crippen LogP contribution in [0, 0.1) is 7.14 Å². The summed E-state index contributed by atoms with van der Waals surface area (Å²) in [5.74, 6) is 0. The highest BCUT2D eigenvalue weighted by molar-refractivity contribution is 14.1. The highest BCUT2D eigenvalue weighted by atomic mass is 127. The van der Waals surface area contributed by atoms with E-state index >= 15 is 0 Å². The molecule has 2 aliphatic heterocycles. The van der Waals surface area contributed by atoms with Crippen molar-refractivity contribution in [3.05, 3.63) is 55.7 Å². The van der Waals surface area contributed by atoms with Crippen LogP contribution in [0.2, 0.25) is 0 Å². The molecule has 192 valence electrons. The minimum Gasteiger partial charge on any atom is -0.314 e. The summed E-state index contributed by atoms with van der Waals surface area (Å²) in [5.41, 5.74) is 0. The van der Waals surface area contributed by atoms with Gasteiger partial charge in [0.05, 0.1) is 9.79 Å². The number of benzene rings is 2. The molecule has 0 unspecified atom stereocenters. The molecule has 2 aliphatic rings. The molecule has 6 nitrogen and oxygen atoms in total. The van der Waals surface area contributed by atoms with Crippen molar-refractivity contribution < 1.29 is 25.6 Å². The fraction of sp³-hybridized carbons (Fsp3) is 0.400. The van der Waals surface area contributed by atoms with Gasteiger partial charge in [-0.2, -0.15) is 4.31 Å². The second kappa shape index (κ2) is 14.8. The Kier molecular flexibility index (Phi) is 14.0. The molecule has 0 spiro atoms. The maximum atomic E-state index is 13.0. The molecule has 14 heteroatoms. The minimum atomic E-state index is -3.55. The largest absolute Gasteiger partial charge is 0.314 e. The summed E-state index contributed by atoms with van der Waals surface area (Å²) in [5, 5.41) is 2.90. The van der Waals surface area contributed by atoms with Crippen LogP contribution < -0.4 is 5.32 Å². The third-order valence-corrected chi connectivity index (χ3v) is 9.33. The van der Waals surface area contributed by atoms with Crippen LogP contribution in [0.15, 0.2) is 58.3 Å². The van der Waals surface area contributed by atoms with Crippen LogP contribution >= 0.6 is 68.3 Å². The molecule has 0 saturated carbocycles. The van der Waals surface area contributed by atoms with Crippen molar-refractivity contribution in [3.63, 3.8) is 0 Å². The molecular weight excluding hydrogens is 759 g/mol. The summed E-state index contributed by atoms with van der Waals surface area (Å²) >= 11 is 4.19. The summed E-state index contributed by atoms with van der Waals surface area (Å²) in [4.78, 5) is 0.376. The lowest BCUT2D eigenvalue weighted by molar-refractivity contribution is 0.343. The maximum Gasteiger partial charge on any atom is 0.261 e. The average Bonchev–Trinajstić information content (AvgIpc) is 3.40. The third kappa shape index (κ3) is 10.6. The SMILES string of the molecule is Cl.F[C@@H]1CCNC1.O=S(=O)(Cl)c1ccc(I)cc1.O=S(=O)(c1ccc(I)cc1)N1CC[C@@H](F)C1. The molecular formula is C20H24Cl2F2I2N2O4S2. The van der Waals surface area contributed by atoms with Crippen molar-refractivity contribution in [2.75, 3.05) is 26.2 Å². The van der Waals surface area contributed by atoms with E-state index in [-0.39, 0.29) is 35.3 Å². The van der Waals surface area contributed by atoms with E-state index in [1.165, 1.54) is 16.4 Å². The van der Waals surface area contributed by atoms with E-state index in [9.17, 15) is 25.6 Å². The summed E-state index contributed by atoms with van der Waals surface area (Å²) in [6, 6.07) is 12.9. The fourth-order valence-corrected chi connectivity index (χ4v) is 5.85. The molecule has 2 heterocycles. The third-order valence-electron chi connectivity index (χ3n) is 4.64. The standard InChI is InChI=1S/C10H11FINO2S.C6H4ClIO2S.C4H8FN.ClH/c11-8-5-6-13(7-8)16(14,15)10-3-1-9(12)2-4-10;7-11(9,10)6-3-1-5(8)2-4-6;5-4-1-2-6-3-4;/h1-4,8H,5-7H2;1-4H;4,6H,1-3H2;1H/t8-;;4-;/m1.1./s1. The number of hydrogen-bond acceptors (Lipinski definition) is 5. The number of rotatable bonds is 3. The van der Waals surface area contributed by atoms with Gasteiger partial charge >= 0.3 is 0 Å². The van der Waals surface area contributed by atoms with Gasteiger partial charge < -0.3 is 5.32 Å². The molecule has 1 N–H and O–H groups in total. The van der Waals surface area contributed by atoms with Crippen molar-refractivity contribution >= 4 is 87.3 Å². The van der Waals surface area contributed by atoms with Gasteiger partial charge in [0, 0.05) is 37.5 Å². The molecule has 0 radical (unpaired) electrons. The fourth-order valence-electron chi connectivity index (χ4n) is 2.88. The molecule has 0 aliphatic carbocycles. The Morgan fingerprint density at radius 1 is 0.853 bits per heavy atom. The van der Waals surface area contributed by atoms with Crippen molar-refractivity contribution in [2.24, 2.45) is 0 Å². The van der Waals surface area contributed by atoms with Gasteiger partial charge in [-0.25, -0.2) is 25.6 Å². The second-order valence-corrected chi connectivity index (χ2v) is 14.2.